The Bertz CT molecular complexity index is 5830. The van der Waals surface area contributed by atoms with E-state index in [4.69, 9.17) is 0 Å². The SMILES string of the molecule is CC1(C)c2cc(N(c3ccccc3)c3ccccc3)ccc2-c2ccc(N(c3ccc(-c4ccccc4)cc3)c3ccc(-c4cccc(-c5cccc(-c6ccc(-c7ccc(N(c8ccccc8)c8ccc9c(c8)sc8cc(N(c%10ccccc%10)c%10ccccc%10)ccc89)cc7)cc6)c5)c4)cc3)cc21. The van der Waals surface area contributed by atoms with Crippen LogP contribution in [-0.4, -0.2) is 0 Å². The molecule has 1 aliphatic rings. The van der Waals surface area contributed by atoms with E-state index in [1.165, 1.54) is 81.4 Å². The van der Waals surface area contributed by atoms with Gasteiger partial charge in [0.1, 0.15) is 0 Å². The average Bonchev–Trinajstić information content (AvgIpc) is 1.57. The number of para-hydroxylation sites is 5. The molecule has 0 fully saturated rings. The van der Waals surface area contributed by atoms with Crippen LogP contribution in [0.1, 0.15) is 25.0 Å². The molecule has 0 radical (unpaired) electrons. The van der Waals surface area contributed by atoms with Crippen LogP contribution in [0.4, 0.5) is 68.2 Å². The van der Waals surface area contributed by atoms with Crippen LogP contribution in [0.2, 0.25) is 0 Å². The summed E-state index contributed by atoms with van der Waals surface area (Å²) >= 11 is 1.85. The van der Waals surface area contributed by atoms with Gasteiger partial charge in [0.05, 0.1) is 0 Å². The fourth-order valence-corrected chi connectivity index (χ4v) is 16.5. The molecule has 0 saturated carbocycles. The van der Waals surface area contributed by atoms with E-state index in [0.717, 1.165) is 84.9 Å². The molecule has 4 nitrogen and oxygen atoms in total. The van der Waals surface area contributed by atoms with Gasteiger partial charge in [0.25, 0.3) is 0 Å². The molecule has 104 heavy (non-hydrogen) atoms. The highest BCUT2D eigenvalue weighted by Crippen LogP contribution is 2.53. The minimum Gasteiger partial charge on any atom is -0.310 e. The molecule has 0 bridgehead atoms. The Morgan fingerprint density at radius 2 is 0.404 bits per heavy atom. The first-order chi connectivity index (χ1) is 51.3. The zero-order chi connectivity index (χ0) is 69.5. The van der Waals surface area contributed by atoms with E-state index in [0.29, 0.717) is 0 Å². The first-order valence-corrected chi connectivity index (χ1v) is 36.5. The molecule has 5 heteroatoms. The normalized spacial score (nSPS) is 12.0. The first-order valence-electron chi connectivity index (χ1n) is 35.7. The fraction of sp³-hybridized carbons (Fsp3) is 0.0303. The molecule has 494 valence electrons. The second-order valence-corrected chi connectivity index (χ2v) is 28.4. The van der Waals surface area contributed by atoms with Gasteiger partial charge in [0.2, 0.25) is 0 Å². The number of hydrogen-bond donors (Lipinski definition) is 0. The first kappa shape index (κ1) is 63.1. The molecule has 0 amide bonds. The maximum Gasteiger partial charge on any atom is 0.0476 e. The predicted octanol–water partition coefficient (Wildman–Crippen LogP) is 28.6. The second-order valence-electron chi connectivity index (χ2n) is 27.3. The fourth-order valence-electron chi connectivity index (χ4n) is 15.3. The van der Waals surface area contributed by atoms with E-state index in [1.54, 1.807) is 0 Å². The van der Waals surface area contributed by atoms with Crippen molar-refractivity contribution in [3.63, 3.8) is 0 Å². The Morgan fingerprint density at radius 3 is 0.721 bits per heavy atom. The van der Waals surface area contributed by atoms with Crippen molar-refractivity contribution in [1.29, 1.82) is 0 Å². The van der Waals surface area contributed by atoms with E-state index < -0.39 is 0 Å². The third kappa shape index (κ3) is 12.0. The lowest BCUT2D eigenvalue weighted by Gasteiger charge is -2.29. The Balaban J connectivity index is 0.599. The Labute approximate surface area is 612 Å². The lowest BCUT2D eigenvalue weighted by Crippen LogP contribution is -2.17. The Kier molecular flexibility index (Phi) is 16.5. The molecule has 0 unspecified atom stereocenters. The maximum absolute atomic E-state index is 2.43. The van der Waals surface area contributed by atoms with Crippen LogP contribution < -0.4 is 19.6 Å². The van der Waals surface area contributed by atoms with Gasteiger partial charge in [-0.1, -0.05) is 257 Å². The summed E-state index contributed by atoms with van der Waals surface area (Å²) in [4.78, 5) is 9.48. The summed E-state index contributed by atoms with van der Waals surface area (Å²) in [5, 5.41) is 2.52. The molecule has 0 N–H and O–H groups in total. The number of thiophene rings is 1. The highest BCUT2D eigenvalue weighted by atomic mass is 32.1. The van der Waals surface area contributed by atoms with Gasteiger partial charge in [-0.2, -0.15) is 0 Å². The standard InChI is InChI=1S/C99H72N4S/c1-99(2)95-65-87(100(79-29-11-4-12-30-79)80-31-13-5-14-32-80)55-59-91(95)92-60-56-88(66-96(92)99)103(85-49-43-71(44-50-85)69-23-9-3-10-24-69)86-53-47-74(48-54-86)76-26-22-28-78(64-76)77-27-21-25-75(63-77)73-41-39-70(40-42-73)72-45-51-84(52-46-72)102(83-37-19-8-20-38-83)90-58-62-94-93-61-57-89(67-97(93)104-98(94)68-90)101(81-33-15-6-16-34-81)82-35-17-7-18-36-82/h3-68H,1-2H3. The van der Waals surface area contributed by atoms with E-state index >= 15 is 0 Å². The molecule has 1 aromatic heterocycles. The van der Waals surface area contributed by atoms with E-state index in [1.807, 2.05) is 11.3 Å². The molecule has 1 heterocycles. The number of hydrogen-bond acceptors (Lipinski definition) is 5. The molecule has 1 aliphatic carbocycles. The number of rotatable bonds is 17. The number of nitrogens with zero attached hydrogens (tertiary/aromatic N) is 4. The molecule has 18 rings (SSSR count). The quantitative estimate of drug-likeness (QED) is 0.0901. The monoisotopic (exact) mass is 1350 g/mol. The highest BCUT2D eigenvalue weighted by molar-refractivity contribution is 7.25. The van der Waals surface area contributed by atoms with Gasteiger partial charge >= 0.3 is 0 Å². The van der Waals surface area contributed by atoms with Crippen molar-refractivity contribution in [3.8, 4) is 66.8 Å². The number of anilines is 12. The average molecular weight is 1350 g/mol. The molecule has 0 saturated heterocycles. The summed E-state index contributed by atoms with van der Waals surface area (Å²) in [6, 6.07) is 146. The van der Waals surface area contributed by atoms with Gasteiger partial charge in [-0.05, 0) is 236 Å². The largest absolute Gasteiger partial charge is 0.310 e. The summed E-state index contributed by atoms with van der Waals surface area (Å²) in [5.74, 6) is 0. The van der Waals surface area contributed by atoms with Crippen molar-refractivity contribution in [2.45, 2.75) is 19.3 Å². The lowest BCUT2D eigenvalue weighted by atomic mass is 9.82. The van der Waals surface area contributed by atoms with Gasteiger partial charge in [0.15, 0.2) is 0 Å². The van der Waals surface area contributed by atoms with Crippen LogP contribution in [0.25, 0.3) is 86.9 Å². The van der Waals surface area contributed by atoms with Crippen LogP contribution in [0.5, 0.6) is 0 Å². The summed E-state index contributed by atoms with van der Waals surface area (Å²) in [6.45, 7) is 4.76. The number of fused-ring (bicyclic) bond motifs is 6. The van der Waals surface area contributed by atoms with Crippen LogP contribution in [-0.2, 0) is 5.41 Å². The molecule has 0 spiro atoms. The highest BCUT2D eigenvalue weighted by Gasteiger charge is 2.37. The molecular weight excluding hydrogens is 1280 g/mol. The van der Waals surface area contributed by atoms with Crippen molar-refractivity contribution in [1.82, 2.24) is 0 Å². The minimum absolute atomic E-state index is 0.274. The van der Waals surface area contributed by atoms with Crippen molar-refractivity contribution in [3.05, 3.63) is 412 Å². The summed E-state index contributed by atoms with van der Waals surface area (Å²) in [6.07, 6.45) is 0. The van der Waals surface area contributed by atoms with Crippen molar-refractivity contribution in [2.75, 3.05) is 19.6 Å². The molecular formula is C99H72N4S. The third-order valence-corrected chi connectivity index (χ3v) is 21.7. The third-order valence-electron chi connectivity index (χ3n) is 20.6. The van der Waals surface area contributed by atoms with Crippen molar-refractivity contribution in [2.24, 2.45) is 0 Å². The number of benzene rings is 16. The maximum atomic E-state index is 2.43. The smallest absolute Gasteiger partial charge is 0.0476 e. The summed E-state index contributed by atoms with van der Waals surface area (Å²) < 4.78 is 2.50. The zero-order valence-electron chi connectivity index (χ0n) is 57.8. The zero-order valence-corrected chi connectivity index (χ0v) is 58.6. The van der Waals surface area contributed by atoms with Gasteiger partial charge in [-0.3, -0.25) is 0 Å². The van der Waals surface area contributed by atoms with Gasteiger partial charge in [0, 0.05) is 93.8 Å². The van der Waals surface area contributed by atoms with E-state index in [-0.39, 0.29) is 5.41 Å². The van der Waals surface area contributed by atoms with Gasteiger partial charge in [-0.25, -0.2) is 0 Å². The topological polar surface area (TPSA) is 13.0 Å². The van der Waals surface area contributed by atoms with E-state index in [2.05, 4.69) is 434 Å². The van der Waals surface area contributed by atoms with E-state index in [9.17, 15) is 0 Å². The molecule has 16 aromatic carbocycles. The predicted molar refractivity (Wildman–Crippen MR) is 443 cm³/mol. The van der Waals surface area contributed by atoms with Crippen LogP contribution in [0.3, 0.4) is 0 Å². The molecule has 17 aromatic rings. The Morgan fingerprint density at radius 1 is 0.183 bits per heavy atom. The van der Waals surface area contributed by atoms with Crippen molar-refractivity contribution >= 4 is 99.8 Å². The molecule has 0 aliphatic heterocycles. The second kappa shape index (κ2) is 27.1. The lowest BCUT2D eigenvalue weighted by molar-refractivity contribution is 0.660. The van der Waals surface area contributed by atoms with Crippen molar-refractivity contribution < 1.29 is 0 Å². The summed E-state index contributed by atoms with van der Waals surface area (Å²) in [7, 11) is 0. The van der Waals surface area contributed by atoms with Gasteiger partial charge in [-0.15, -0.1) is 11.3 Å². The van der Waals surface area contributed by atoms with Crippen LogP contribution in [0.15, 0.2) is 400 Å². The summed E-state index contributed by atoms with van der Waals surface area (Å²) in [5.41, 5.74) is 30.0. The minimum atomic E-state index is -0.274. The van der Waals surface area contributed by atoms with Crippen LogP contribution in [0, 0.1) is 0 Å². The Hall–Kier alpha value is -13.1. The van der Waals surface area contributed by atoms with Gasteiger partial charge < -0.3 is 19.6 Å². The van der Waals surface area contributed by atoms with Crippen LogP contribution >= 0.6 is 11.3 Å². The molecule has 0 atom stereocenters.